The van der Waals surface area contributed by atoms with Crippen LogP contribution in [-0.4, -0.2) is 78.5 Å². The third-order valence-corrected chi connectivity index (χ3v) is 4.50. The molecule has 0 aliphatic carbocycles. The molecule has 1 saturated heterocycles. The molecule has 0 spiro atoms. The molecule has 0 bridgehead atoms. The third-order valence-electron chi connectivity index (χ3n) is 4.50. The van der Waals surface area contributed by atoms with Crippen LogP contribution in [0.4, 0.5) is 0 Å². The maximum atomic E-state index is 5.90. The summed E-state index contributed by atoms with van der Waals surface area (Å²) in [5, 5.41) is 7.74. The van der Waals surface area contributed by atoms with Crippen molar-refractivity contribution in [1.29, 1.82) is 0 Å². The minimum atomic E-state index is 0.0571. The van der Waals surface area contributed by atoms with E-state index < -0.39 is 0 Å². The Balaban J connectivity index is 1.81. The minimum absolute atomic E-state index is 0.0571. The number of rotatable bonds is 7. The molecular weight excluding hydrogens is 304 g/mol. The van der Waals surface area contributed by atoms with Gasteiger partial charge in [0.25, 0.3) is 0 Å². The molecule has 2 rings (SSSR count). The Bertz CT molecular complexity index is 511. The fraction of sp³-hybridized carbons (Fsp3) is 0.765. The molecule has 2 heterocycles. The van der Waals surface area contributed by atoms with Gasteiger partial charge in [0.05, 0.1) is 19.3 Å². The highest BCUT2D eigenvalue weighted by Crippen LogP contribution is 2.21. The SMILES string of the molecule is CCN(CC)CCCNC(=NC)N1CCOC(c2cnn(C)c2)C1. The van der Waals surface area contributed by atoms with E-state index in [4.69, 9.17) is 4.74 Å². The van der Waals surface area contributed by atoms with Gasteiger partial charge in [-0.25, -0.2) is 0 Å². The monoisotopic (exact) mass is 336 g/mol. The molecule has 1 N–H and O–H groups in total. The van der Waals surface area contributed by atoms with E-state index in [0.29, 0.717) is 6.61 Å². The second kappa shape index (κ2) is 9.64. The van der Waals surface area contributed by atoms with Gasteiger partial charge in [-0.2, -0.15) is 5.10 Å². The second-order valence-corrected chi connectivity index (χ2v) is 6.11. The van der Waals surface area contributed by atoms with Crippen LogP contribution in [-0.2, 0) is 11.8 Å². The first kappa shape index (κ1) is 18.7. The average Bonchev–Trinajstić information content (AvgIpc) is 3.05. The van der Waals surface area contributed by atoms with E-state index in [-0.39, 0.29) is 6.10 Å². The first-order valence-corrected chi connectivity index (χ1v) is 8.96. The molecule has 1 atom stereocenters. The molecule has 1 aromatic rings. The summed E-state index contributed by atoms with van der Waals surface area (Å²) in [4.78, 5) is 9.16. The Morgan fingerprint density at radius 2 is 2.25 bits per heavy atom. The first-order valence-electron chi connectivity index (χ1n) is 8.96. The van der Waals surface area contributed by atoms with Crippen LogP contribution in [0.5, 0.6) is 0 Å². The van der Waals surface area contributed by atoms with Crippen LogP contribution in [0.2, 0.25) is 0 Å². The van der Waals surface area contributed by atoms with Crippen molar-refractivity contribution in [3.8, 4) is 0 Å². The molecule has 0 amide bonds. The van der Waals surface area contributed by atoms with Crippen molar-refractivity contribution in [2.24, 2.45) is 12.0 Å². The van der Waals surface area contributed by atoms with Crippen LogP contribution >= 0.6 is 0 Å². The zero-order valence-electron chi connectivity index (χ0n) is 15.5. The van der Waals surface area contributed by atoms with Gasteiger partial charge in [-0.3, -0.25) is 9.67 Å². The summed E-state index contributed by atoms with van der Waals surface area (Å²) in [6.45, 7) is 11.1. The lowest BCUT2D eigenvalue weighted by atomic mass is 10.1. The highest BCUT2D eigenvalue weighted by molar-refractivity contribution is 5.80. The van der Waals surface area contributed by atoms with Crippen LogP contribution in [0.1, 0.15) is 31.9 Å². The lowest BCUT2D eigenvalue weighted by Gasteiger charge is -2.34. The van der Waals surface area contributed by atoms with Crippen LogP contribution in [0.25, 0.3) is 0 Å². The number of ether oxygens (including phenoxy) is 1. The van der Waals surface area contributed by atoms with Crippen LogP contribution in [0.15, 0.2) is 17.4 Å². The van der Waals surface area contributed by atoms with E-state index in [1.54, 1.807) is 0 Å². The molecule has 7 nitrogen and oxygen atoms in total. The van der Waals surface area contributed by atoms with Gasteiger partial charge in [-0.15, -0.1) is 0 Å². The highest BCUT2D eigenvalue weighted by atomic mass is 16.5. The van der Waals surface area contributed by atoms with Gasteiger partial charge in [-0.1, -0.05) is 13.8 Å². The van der Waals surface area contributed by atoms with E-state index in [1.807, 2.05) is 31.2 Å². The van der Waals surface area contributed by atoms with Gasteiger partial charge >= 0.3 is 0 Å². The highest BCUT2D eigenvalue weighted by Gasteiger charge is 2.24. The Morgan fingerprint density at radius 1 is 1.46 bits per heavy atom. The Labute approximate surface area is 145 Å². The van der Waals surface area contributed by atoms with Crippen molar-refractivity contribution in [2.45, 2.75) is 26.4 Å². The molecule has 1 aliphatic heterocycles. The van der Waals surface area contributed by atoms with E-state index in [9.17, 15) is 0 Å². The fourth-order valence-electron chi connectivity index (χ4n) is 3.02. The number of hydrogen-bond donors (Lipinski definition) is 1. The number of guanidine groups is 1. The molecule has 1 aromatic heterocycles. The molecule has 136 valence electrons. The quantitative estimate of drug-likeness (QED) is 0.459. The van der Waals surface area contributed by atoms with Gasteiger partial charge in [0, 0.05) is 38.9 Å². The summed E-state index contributed by atoms with van der Waals surface area (Å²) >= 11 is 0. The first-order chi connectivity index (χ1) is 11.7. The maximum absolute atomic E-state index is 5.90. The zero-order chi connectivity index (χ0) is 17.4. The fourth-order valence-corrected chi connectivity index (χ4v) is 3.02. The number of hydrogen-bond acceptors (Lipinski definition) is 4. The smallest absolute Gasteiger partial charge is 0.193 e. The van der Waals surface area contributed by atoms with Crippen molar-refractivity contribution >= 4 is 5.96 Å². The number of nitrogens with zero attached hydrogens (tertiary/aromatic N) is 5. The topological polar surface area (TPSA) is 57.9 Å². The summed E-state index contributed by atoms with van der Waals surface area (Å²) < 4.78 is 7.72. The lowest BCUT2D eigenvalue weighted by molar-refractivity contribution is -0.00802. The molecule has 1 unspecified atom stereocenters. The normalized spacial score (nSPS) is 19.1. The van der Waals surface area contributed by atoms with Gasteiger partial charge in [-0.05, 0) is 26.1 Å². The molecule has 1 aliphatic rings. The molecular formula is C17H32N6O. The largest absolute Gasteiger partial charge is 0.370 e. The van der Waals surface area contributed by atoms with Crippen LogP contribution in [0.3, 0.4) is 0 Å². The molecule has 0 radical (unpaired) electrons. The number of aromatic nitrogens is 2. The van der Waals surface area contributed by atoms with E-state index >= 15 is 0 Å². The van der Waals surface area contributed by atoms with Crippen molar-refractivity contribution < 1.29 is 4.74 Å². The van der Waals surface area contributed by atoms with Crippen molar-refractivity contribution in [1.82, 2.24) is 24.9 Å². The predicted octanol–water partition coefficient (Wildman–Crippen LogP) is 1.10. The second-order valence-electron chi connectivity index (χ2n) is 6.11. The molecule has 0 saturated carbocycles. The van der Waals surface area contributed by atoms with E-state index in [2.05, 4.69) is 39.1 Å². The van der Waals surface area contributed by atoms with E-state index in [0.717, 1.165) is 57.2 Å². The van der Waals surface area contributed by atoms with Gasteiger partial charge in [0.2, 0.25) is 0 Å². The zero-order valence-corrected chi connectivity index (χ0v) is 15.5. The van der Waals surface area contributed by atoms with Crippen LogP contribution in [0, 0.1) is 0 Å². The number of morpholine rings is 1. The van der Waals surface area contributed by atoms with Crippen molar-refractivity contribution in [3.63, 3.8) is 0 Å². The minimum Gasteiger partial charge on any atom is -0.370 e. The summed E-state index contributed by atoms with van der Waals surface area (Å²) in [7, 11) is 3.78. The molecule has 0 aromatic carbocycles. The maximum Gasteiger partial charge on any atom is 0.193 e. The van der Waals surface area contributed by atoms with Gasteiger partial charge in [0.15, 0.2) is 5.96 Å². The lowest BCUT2D eigenvalue weighted by Crippen LogP contribution is -2.48. The molecule has 7 heteroatoms. The summed E-state index contributed by atoms with van der Waals surface area (Å²) in [6, 6.07) is 0. The molecule has 24 heavy (non-hydrogen) atoms. The van der Waals surface area contributed by atoms with Gasteiger partial charge < -0.3 is 19.9 Å². The number of aliphatic imine (C=N–C) groups is 1. The Kier molecular flexibility index (Phi) is 7.52. The predicted molar refractivity (Wildman–Crippen MR) is 97.2 cm³/mol. The molecule has 1 fully saturated rings. The Morgan fingerprint density at radius 3 is 2.88 bits per heavy atom. The summed E-state index contributed by atoms with van der Waals surface area (Å²) in [5.74, 6) is 0.965. The van der Waals surface area contributed by atoms with E-state index in [1.165, 1.54) is 0 Å². The average molecular weight is 336 g/mol. The van der Waals surface area contributed by atoms with Crippen molar-refractivity contribution in [3.05, 3.63) is 18.0 Å². The number of nitrogens with one attached hydrogen (secondary N) is 1. The Hall–Kier alpha value is -1.60. The number of aryl methyl sites for hydroxylation is 1. The van der Waals surface area contributed by atoms with Gasteiger partial charge in [0.1, 0.15) is 6.10 Å². The third kappa shape index (κ3) is 5.21. The van der Waals surface area contributed by atoms with Crippen molar-refractivity contribution in [2.75, 3.05) is 52.9 Å². The summed E-state index contributed by atoms with van der Waals surface area (Å²) in [5.41, 5.74) is 1.12. The standard InChI is InChI=1S/C17H32N6O/c1-5-22(6-2)9-7-8-19-17(18-3)23-10-11-24-16(14-23)15-12-20-21(4)13-15/h12-13,16H,5-11,14H2,1-4H3,(H,18,19). The van der Waals surface area contributed by atoms with Crippen LogP contribution < -0.4 is 5.32 Å². The summed E-state index contributed by atoms with van der Waals surface area (Å²) in [6.07, 6.45) is 5.08.